The number of carbonyl (C=O) groups is 1. The molecule has 1 aromatic heterocycles. The third-order valence-corrected chi connectivity index (χ3v) is 4.45. The molecule has 0 radical (unpaired) electrons. The fraction of sp³-hybridized carbons (Fsp3) is 0.250. The van der Waals surface area contributed by atoms with E-state index in [-0.39, 0.29) is 18.4 Å². The largest absolute Gasteiger partial charge is 0.493 e. The van der Waals surface area contributed by atoms with Gasteiger partial charge in [0.1, 0.15) is 6.61 Å². The van der Waals surface area contributed by atoms with Crippen LogP contribution in [-0.2, 0) is 17.8 Å². The molecule has 1 N–H and O–H groups in total. The van der Waals surface area contributed by atoms with E-state index in [1.165, 1.54) is 0 Å². The van der Waals surface area contributed by atoms with E-state index in [1.54, 1.807) is 7.11 Å². The second-order valence-corrected chi connectivity index (χ2v) is 6.25. The second kappa shape index (κ2) is 7.49. The minimum Gasteiger partial charge on any atom is -0.493 e. The molecule has 138 valence electrons. The third kappa shape index (κ3) is 3.62. The molecule has 1 amide bonds. The van der Waals surface area contributed by atoms with Crippen LogP contribution in [0.3, 0.4) is 0 Å². The van der Waals surface area contributed by atoms with E-state index >= 15 is 0 Å². The van der Waals surface area contributed by atoms with Crippen molar-refractivity contribution in [1.29, 1.82) is 0 Å². The maximum Gasteiger partial charge on any atom is 0.247 e. The summed E-state index contributed by atoms with van der Waals surface area (Å²) >= 11 is 0. The van der Waals surface area contributed by atoms with Crippen LogP contribution in [0, 0.1) is 5.92 Å². The van der Waals surface area contributed by atoms with Gasteiger partial charge in [-0.15, -0.1) is 10.2 Å². The highest BCUT2D eigenvalue weighted by Gasteiger charge is 2.28. The van der Waals surface area contributed by atoms with Crippen LogP contribution in [-0.4, -0.2) is 29.8 Å². The average molecular weight is 365 g/mol. The number of rotatable bonds is 5. The van der Waals surface area contributed by atoms with E-state index in [0.29, 0.717) is 36.3 Å². The van der Waals surface area contributed by atoms with Gasteiger partial charge in [0.05, 0.1) is 19.6 Å². The molecule has 0 saturated carbocycles. The lowest BCUT2D eigenvalue weighted by molar-refractivity contribution is -0.126. The van der Waals surface area contributed by atoms with Crippen LogP contribution in [0.5, 0.6) is 11.5 Å². The number of para-hydroxylation sites is 1. The van der Waals surface area contributed by atoms with Crippen molar-refractivity contribution < 1.29 is 18.7 Å². The van der Waals surface area contributed by atoms with Gasteiger partial charge in [0.2, 0.25) is 17.7 Å². The number of hydrogen-bond donors (Lipinski definition) is 1. The number of nitrogens with one attached hydrogen (secondary N) is 1. The van der Waals surface area contributed by atoms with Gasteiger partial charge in [-0.3, -0.25) is 4.79 Å². The maximum atomic E-state index is 12.5. The summed E-state index contributed by atoms with van der Waals surface area (Å²) in [6.45, 7) is 0.485. The van der Waals surface area contributed by atoms with E-state index in [1.807, 2.05) is 48.5 Å². The summed E-state index contributed by atoms with van der Waals surface area (Å²) in [5.41, 5.74) is 1.80. The number of hydrogen-bond acceptors (Lipinski definition) is 6. The van der Waals surface area contributed by atoms with Crippen molar-refractivity contribution in [1.82, 2.24) is 15.5 Å². The van der Waals surface area contributed by atoms with Gasteiger partial charge in [0, 0.05) is 5.56 Å². The summed E-state index contributed by atoms with van der Waals surface area (Å²) in [4.78, 5) is 12.5. The second-order valence-electron chi connectivity index (χ2n) is 6.25. The van der Waals surface area contributed by atoms with Crippen LogP contribution in [0.4, 0.5) is 0 Å². The van der Waals surface area contributed by atoms with Gasteiger partial charge >= 0.3 is 0 Å². The van der Waals surface area contributed by atoms with E-state index in [2.05, 4.69) is 15.5 Å². The molecule has 0 bridgehead atoms. The lowest BCUT2D eigenvalue weighted by Crippen LogP contribution is -2.37. The normalized spacial score (nSPS) is 15.5. The van der Waals surface area contributed by atoms with Gasteiger partial charge < -0.3 is 19.2 Å². The number of fused-ring (bicyclic) bond motifs is 1. The molecule has 7 nitrogen and oxygen atoms in total. The van der Waals surface area contributed by atoms with Crippen LogP contribution in [0.15, 0.2) is 52.9 Å². The molecule has 1 unspecified atom stereocenters. The summed E-state index contributed by atoms with van der Waals surface area (Å²) in [5, 5.41) is 10.9. The number of ether oxygens (including phenoxy) is 2. The zero-order valence-electron chi connectivity index (χ0n) is 14.8. The highest BCUT2D eigenvalue weighted by atomic mass is 16.5. The maximum absolute atomic E-state index is 12.5. The van der Waals surface area contributed by atoms with Crippen LogP contribution >= 0.6 is 0 Å². The molecule has 0 fully saturated rings. The smallest absolute Gasteiger partial charge is 0.247 e. The number of amides is 1. The fourth-order valence-corrected chi connectivity index (χ4v) is 3.05. The zero-order chi connectivity index (χ0) is 18.6. The molecule has 1 atom stereocenters. The lowest BCUT2D eigenvalue weighted by Gasteiger charge is -2.25. The Balaban J connectivity index is 1.37. The van der Waals surface area contributed by atoms with Crippen LogP contribution in [0.2, 0.25) is 0 Å². The van der Waals surface area contributed by atoms with Gasteiger partial charge in [-0.05, 0) is 30.2 Å². The van der Waals surface area contributed by atoms with E-state index in [0.717, 1.165) is 11.1 Å². The molecule has 0 spiro atoms. The van der Waals surface area contributed by atoms with Crippen molar-refractivity contribution in [3.8, 4) is 23.0 Å². The molecule has 1 aliphatic heterocycles. The molecular weight excluding hydrogens is 346 g/mol. The molecular formula is C20H19N3O4. The van der Waals surface area contributed by atoms with Gasteiger partial charge in [-0.1, -0.05) is 30.3 Å². The first-order valence-electron chi connectivity index (χ1n) is 8.69. The van der Waals surface area contributed by atoms with Crippen molar-refractivity contribution in [2.75, 3.05) is 13.7 Å². The fourth-order valence-electron chi connectivity index (χ4n) is 3.05. The Hall–Kier alpha value is -3.35. The molecule has 27 heavy (non-hydrogen) atoms. The van der Waals surface area contributed by atoms with Crippen LogP contribution in [0.1, 0.15) is 11.5 Å². The molecule has 4 rings (SSSR count). The minimum atomic E-state index is -0.277. The molecule has 2 aromatic carbocycles. The van der Waals surface area contributed by atoms with Crippen LogP contribution in [0.25, 0.3) is 11.5 Å². The Kier molecular flexibility index (Phi) is 4.74. The molecule has 0 saturated heterocycles. The van der Waals surface area contributed by atoms with Gasteiger partial charge in [-0.2, -0.15) is 0 Å². The Morgan fingerprint density at radius 2 is 2.04 bits per heavy atom. The number of methoxy groups -OCH3 is 1. The van der Waals surface area contributed by atoms with E-state index in [9.17, 15) is 4.79 Å². The Morgan fingerprint density at radius 3 is 2.85 bits per heavy atom. The van der Waals surface area contributed by atoms with Crippen molar-refractivity contribution in [3.63, 3.8) is 0 Å². The number of nitrogens with zero attached hydrogens (tertiary/aromatic N) is 2. The summed E-state index contributed by atoms with van der Waals surface area (Å²) in [6.07, 6.45) is 0.595. The van der Waals surface area contributed by atoms with Crippen molar-refractivity contribution in [2.24, 2.45) is 5.92 Å². The zero-order valence-corrected chi connectivity index (χ0v) is 14.8. The van der Waals surface area contributed by atoms with Crippen LogP contribution < -0.4 is 14.8 Å². The Bertz CT molecular complexity index is 939. The standard InChI is InChI=1S/C20H19N3O4/c1-25-16-9-5-8-14-10-15(12-26-18(14)16)19(24)21-11-17-22-23-20(27-17)13-6-3-2-4-7-13/h2-9,15H,10-12H2,1H3,(H,21,24). The molecule has 1 aliphatic rings. The molecule has 7 heteroatoms. The average Bonchev–Trinajstić information content (AvgIpc) is 3.21. The van der Waals surface area contributed by atoms with Gasteiger partial charge in [0.15, 0.2) is 11.5 Å². The Morgan fingerprint density at radius 1 is 1.19 bits per heavy atom. The first kappa shape index (κ1) is 17.1. The van der Waals surface area contributed by atoms with Gasteiger partial charge in [0.25, 0.3) is 0 Å². The SMILES string of the molecule is COc1cccc2c1OCC(C(=O)NCc1nnc(-c3ccccc3)o1)C2. The predicted molar refractivity (Wildman–Crippen MR) is 97.3 cm³/mol. The van der Waals surface area contributed by atoms with Crippen molar-refractivity contribution >= 4 is 5.91 Å². The summed E-state index contributed by atoms with van der Waals surface area (Å²) < 4.78 is 16.7. The monoisotopic (exact) mass is 365 g/mol. The first-order valence-corrected chi connectivity index (χ1v) is 8.69. The number of carbonyl (C=O) groups excluding carboxylic acids is 1. The van der Waals surface area contributed by atoms with Gasteiger partial charge in [-0.25, -0.2) is 0 Å². The van der Waals surface area contributed by atoms with Crippen molar-refractivity contribution in [3.05, 3.63) is 60.0 Å². The predicted octanol–water partition coefficient (Wildman–Crippen LogP) is 2.61. The highest BCUT2D eigenvalue weighted by Crippen LogP contribution is 2.36. The molecule has 0 aliphatic carbocycles. The number of benzene rings is 2. The summed E-state index contributed by atoms with van der Waals surface area (Å²) in [7, 11) is 1.60. The number of aromatic nitrogens is 2. The molecule has 2 heterocycles. The lowest BCUT2D eigenvalue weighted by atomic mass is 9.95. The topological polar surface area (TPSA) is 86.5 Å². The summed E-state index contributed by atoms with van der Waals surface area (Å²) in [6, 6.07) is 15.2. The summed E-state index contributed by atoms with van der Waals surface area (Å²) in [5.74, 6) is 1.81. The first-order chi connectivity index (χ1) is 13.2. The van der Waals surface area contributed by atoms with E-state index in [4.69, 9.17) is 13.9 Å². The van der Waals surface area contributed by atoms with E-state index < -0.39 is 0 Å². The minimum absolute atomic E-state index is 0.108. The van der Waals surface area contributed by atoms with Crippen molar-refractivity contribution in [2.45, 2.75) is 13.0 Å². The quantitative estimate of drug-likeness (QED) is 0.748. The highest BCUT2D eigenvalue weighted by molar-refractivity contribution is 5.79. The third-order valence-electron chi connectivity index (χ3n) is 4.45. The molecule has 3 aromatic rings. The Labute approximate surface area is 156 Å².